The van der Waals surface area contributed by atoms with Crippen LogP contribution < -0.4 is 14.4 Å². The number of hydrogen-bond acceptors (Lipinski definition) is 7. The molecule has 8 nitrogen and oxygen atoms in total. The molecule has 0 aliphatic carbocycles. The summed E-state index contributed by atoms with van der Waals surface area (Å²) in [6.45, 7) is 7.98. The van der Waals surface area contributed by atoms with Crippen LogP contribution in [0.15, 0.2) is 77.7 Å². The molecule has 0 radical (unpaired) electrons. The Kier molecular flexibility index (Phi) is 6.70. The van der Waals surface area contributed by atoms with Gasteiger partial charge in [-0.3, -0.25) is 14.4 Å². The number of fused-ring (bicyclic) bond motifs is 1. The number of hydrogen-bond donors (Lipinski definition) is 1. The van der Waals surface area contributed by atoms with E-state index in [4.69, 9.17) is 4.74 Å². The molecule has 10 heteroatoms. The lowest BCUT2D eigenvalue weighted by Gasteiger charge is -2.35. The maximum atomic E-state index is 13.7. The number of ether oxygens (including phenoxy) is 1. The highest BCUT2D eigenvalue weighted by molar-refractivity contribution is 7.92. The Hall–Kier alpha value is -3.76. The quantitative estimate of drug-likeness (QED) is 0.358. The van der Waals surface area contributed by atoms with E-state index in [1.807, 2.05) is 43.3 Å². The number of benzene rings is 3. The van der Waals surface area contributed by atoms with Gasteiger partial charge in [0.2, 0.25) is 5.13 Å². The van der Waals surface area contributed by atoms with Crippen molar-refractivity contribution in [1.82, 2.24) is 10.2 Å². The van der Waals surface area contributed by atoms with Crippen molar-refractivity contribution < 1.29 is 17.9 Å². The van der Waals surface area contributed by atoms with Gasteiger partial charge in [0.25, 0.3) is 15.9 Å². The average Bonchev–Trinajstić information content (AvgIpc) is 3.36. The standard InChI is InChI=1S/C28H28N4O4S2/c1-18-10-12-19(13-11-18)26-30-31-27(37-26)29-25(33)24-17-32(38(34,35)21-8-6-5-7-9-21)22-16-20(28(2,3)4)14-15-23(22)36-24/h5-16,24H,17H2,1-4H3,(H,29,31,33)/t24-/m1/s1. The van der Waals surface area contributed by atoms with Crippen LogP contribution in [0.5, 0.6) is 5.75 Å². The Labute approximate surface area is 226 Å². The molecule has 5 rings (SSSR count). The van der Waals surface area contributed by atoms with Gasteiger partial charge in [0.1, 0.15) is 10.8 Å². The van der Waals surface area contributed by atoms with Gasteiger partial charge in [-0.15, -0.1) is 10.2 Å². The fourth-order valence-corrected chi connectivity index (χ4v) is 6.31. The number of amides is 1. The highest BCUT2D eigenvalue weighted by Gasteiger charge is 2.38. The first kappa shape index (κ1) is 25.9. The molecule has 0 fully saturated rings. The minimum absolute atomic E-state index is 0.139. The zero-order chi connectivity index (χ0) is 27.1. The molecule has 0 saturated carbocycles. The second-order valence-electron chi connectivity index (χ2n) is 10.2. The van der Waals surface area contributed by atoms with Crippen molar-refractivity contribution in [2.75, 3.05) is 16.2 Å². The molecule has 38 heavy (non-hydrogen) atoms. The molecule has 0 unspecified atom stereocenters. The van der Waals surface area contributed by atoms with Crippen LogP contribution >= 0.6 is 11.3 Å². The predicted octanol–water partition coefficient (Wildman–Crippen LogP) is 5.41. The number of anilines is 2. The molecular weight excluding hydrogens is 520 g/mol. The van der Waals surface area contributed by atoms with Crippen LogP contribution in [0.2, 0.25) is 0 Å². The van der Waals surface area contributed by atoms with E-state index in [9.17, 15) is 13.2 Å². The van der Waals surface area contributed by atoms with Gasteiger partial charge in [-0.1, -0.05) is 86.2 Å². The lowest BCUT2D eigenvalue weighted by molar-refractivity contribution is -0.122. The van der Waals surface area contributed by atoms with E-state index in [1.165, 1.54) is 15.6 Å². The number of carbonyl (C=O) groups excluding carboxylic acids is 1. The van der Waals surface area contributed by atoms with Gasteiger partial charge in [0, 0.05) is 5.56 Å². The van der Waals surface area contributed by atoms with Crippen molar-refractivity contribution >= 4 is 38.1 Å². The maximum absolute atomic E-state index is 13.7. The molecule has 0 bridgehead atoms. The van der Waals surface area contributed by atoms with E-state index in [0.29, 0.717) is 21.6 Å². The molecule has 2 heterocycles. The number of sulfonamides is 1. The Morgan fingerprint density at radius 3 is 2.42 bits per heavy atom. The summed E-state index contributed by atoms with van der Waals surface area (Å²) in [6.07, 6.45) is -1.09. The first-order chi connectivity index (χ1) is 18.0. The third kappa shape index (κ3) is 5.14. The van der Waals surface area contributed by atoms with E-state index in [0.717, 1.165) is 16.7 Å². The van der Waals surface area contributed by atoms with Crippen LogP contribution in [-0.2, 0) is 20.2 Å². The van der Waals surface area contributed by atoms with Gasteiger partial charge < -0.3 is 4.74 Å². The van der Waals surface area contributed by atoms with Gasteiger partial charge in [-0.05, 0) is 42.2 Å². The Morgan fingerprint density at radius 1 is 1.03 bits per heavy atom. The van der Waals surface area contributed by atoms with Crippen LogP contribution in [-0.4, -0.2) is 37.2 Å². The fraction of sp³-hybridized carbons (Fsp3) is 0.250. The van der Waals surface area contributed by atoms with Gasteiger partial charge >= 0.3 is 0 Å². The summed E-state index contributed by atoms with van der Waals surface area (Å²) < 4.78 is 34.8. The zero-order valence-electron chi connectivity index (χ0n) is 21.5. The first-order valence-corrected chi connectivity index (χ1v) is 14.4. The second kappa shape index (κ2) is 9.85. The molecule has 1 amide bonds. The van der Waals surface area contributed by atoms with Gasteiger partial charge in [0.15, 0.2) is 6.10 Å². The minimum Gasteiger partial charge on any atom is -0.476 e. The Morgan fingerprint density at radius 2 is 1.74 bits per heavy atom. The highest BCUT2D eigenvalue weighted by Crippen LogP contribution is 2.40. The van der Waals surface area contributed by atoms with Crippen LogP contribution in [0.3, 0.4) is 0 Å². The van der Waals surface area contributed by atoms with E-state index in [1.54, 1.807) is 36.4 Å². The Bertz CT molecular complexity index is 1580. The number of aromatic nitrogens is 2. The molecule has 0 spiro atoms. The molecule has 3 aromatic carbocycles. The van der Waals surface area contributed by atoms with E-state index in [-0.39, 0.29) is 16.9 Å². The summed E-state index contributed by atoms with van der Waals surface area (Å²) in [4.78, 5) is 13.4. The van der Waals surface area contributed by atoms with Crippen LogP contribution in [0.4, 0.5) is 10.8 Å². The third-order valence-corrected chi connectivity index (χ3v) is 8.95. The topological polar surface area (TPSA) is 101 Å². The molecule has 1 aromatic heterocycles. The van der Waals surface area contributed by atoms with Gasteiger partial charge in [0.05, 0.1) is 17.1 Å². The van der Waals surface area contributed by atoms with Gasteiger partial charge in [-0.2, -0.15) is 0 Å². The molecule has 1 N–H and O–H groups in total. The number of nitrogens with zero attached hydrogens (tertiary/aromatic N) is 3. The number of carbonyl (C=O) groups is 1. The number of rotatable bonds is 5. The summed E-state index contributed by atoms with van der Waals surface area (Å²) in [5.41, 5.74) is 3.17. The number of nitrogens with one attached hydrogen (secondary N) is 1. The predicted molar refractivity (Wildman–Crippen MR) is 149 cm³/mol. The molecule has 1 atom stereocenters. The largest absolute Gasteiger partial charge is 0.476 e. The van der Waals surface area contributed by atoms with Crippen molar-refractivity contribution in [2.45, 2.75) is 44.1 Å². The molecule has 196 valence electrons. The molecule has 1 aliphatic heterocycles. The van der Waals surface area contributed by atoms with Crippen molar-refractivity contribution in [3.63, 3.8) is 0 Å². The summed E-state index contributed by atoms with van der Waals surface area (Å²) in [6, 6.07) is 21.5. The first-order valence-electron chi connectivity index (χ1n) is 12.1. The maximum Gasteiger partial charge on any atom is 0.269 e. The van der Waals surface area contributed by atoms with Crippen molar-refractivity contribution in [2.24, 2.45) is 0 Å². The second-order valence-corrected chi connectivity index (χ2v) is 13.0. The lowest BCUT2D eigenvalue weighted by atomic mass is 9.86. The summed E-state index contributed by atoms with van der Waals surface area (Å²) in [7, 11) is -3.96. The molecule has 0 saturated heterocycles. The van der Waals surface area contributed by atoms with Gasteiger partial charge in [-0.25, -0.2) is 8.42 Å². The lowest BCUT2D eigenvalue weighted by Crippen LogP contribution is -2.49. The van der Waals surface area contributed by atoms with E-state index >= 15 is 0 Å². The monoisotopic (exact) mass is 548 g/mol. The van der Waals surface area contributed by atoms with Crippen LogP contribution in [0, 0.1) is 6.92 Å². The SMILES string of the molecule is Cc1ccc(-c2nnc(NC(=O)[C@H]3CN(S(=O)(=O)c4ccccc4)c4cc(C(C)(C)C)ccc4O3)s2)cc1. The van der Waals surface area contributed by atoms with Crippen LogP contribution in [0.25, 0.3) is 10.6 Å². The fourth-order valence-electron chi connectivity index (χ4n) is 4.07. The highest BCUT2D eigenvalue weighted by atomic mass is 32.2. The minimum atomic E-state index is -3.96. The van der Waals surface area contributed by atoms with Crippen LogP contribution in [0.1, 0.15) is 31.9 Å². The molecule has 4 aromatic rings. The van der Waals surface area contributed by atoms with Crippen molar-refractivity contribution in [1.29, 1.82) is 0 Å². The zero-order valence-corrected chi connectivity index (χ0v) is 23.1. The number of aryl methyl sites for hydroxylation is 1. The van der Waals surface area contributed by atoms with E-state index in [2.05, 4.69) is 36.3 Å². The molecular formula is C28H28N4O4S2. The van der Waals surface area contributed by atoms with Crippen molar-refractivity contribution in [3.05, 3.63) is 83.9 Å². The third-order valence-electron chi connectivity index (χ3n) is 6.27. The summed E-state index contributed by atoms with van der Waals surface area (Å²) >= 11 is 1.24. The summed E-state index contributed by atoms with van der Waals surface area (Å²) in [5, 5.41) is 12.0. The summed E-state index contributed by atoms with van der Waals surface area (Å²) in [5.74, 6) is -0.183. The smallest absolute Gasteiger partial charge is 0.269 e. The normalized spacial score (nSPS) is 15.5. The van der Waals surface area contributed by atoms with E-state index < -0.39 is 22.0 Å². The Balaban J connectivity index is 1.45. The average molecular weight is 549 g/mol. The molecule has 1 aliphatic rings. The van der Waals surface area contributed by atoms with Crippen molar-refractivity contribution in [3.8, 4) is 16.3 Å².